The molecule has 1 aromatic carbocycles. The molecule has 23 heavy (non-hydrogen) atoms. The fourth-order valence-corrected chi connectivity index (χ4v) is 3.75. The fourth-order valence-electron chi connectivity index (χ4n) is 2.25. The minimum Gasteiger partial charge on any atom is -0.471 e. The Morgan fingerprint density at radius 2 is 1.96 bits per heavy atom. The van der Waals surface area contributed by atoms with E-state index in [-0.39, 0.29) is 24.1 Å². The summed E-state index contributed by atoms with van der Waals surface area (Å²) in [5.41, 5.74) is 1.47. The number of nitriles is 1. The first kappa shape index (κ1) is 15.5. The molecule has 2 aromatic rings. The SMILES string of the molecule is Cc1ccc(S(=O)(=O)N2CC(Oc3cc(C#N)ccn3)C2)cc1. The van der Waals surface area contributed by atoms with Crippen LogP contribution in [0, 0.1) is 18.3 Å². The topological polar surface area (TPSA) is 83.3 Å². The molecular weight excluding hydrogens is 314 g/mol. The standard InChI is InChI=1S/C16H15N3O3S/c1-12-2-4-15(5-3-12)23(20,21)19-10-14(11-19)22-16-8-13(9-17)6-7-18-16/h2-8,14H,10-11H2,1H3. The molecule has 1 fully saturated rings. The van der Waals surface area contributed by atoms with Gasteiger partial charge in [-0.25, -0.2) is 13.4 Å². The van der Waals surface area contributed by atoms with Crippen LogP contribution < -0.4 is 4.74 Å². The Hall–Kier alpha value is -2.43. The van der Waals surface area contributed by atoms with E-state index < -0.39 is 10.0 Å². The average Bonchev–Trinajstić information content (AvgIpc) is 2.51. The predicted octanol–water partition coefficient (Wildman–Crippen LogP) is 1.71. The van der Waals surface area contributed by atoms with E-state index in [2.05, 4.69) is 4.98 Å². The monoisotopic (exact) mass is 329 g/mol. The van der Waals surface area contributed by atoms with Crippen LogP contribution in [0.4, 0.5) is 0 Å². The number of aryl methyl sites for hydroxylation is 1. The first-order valence-corrected chi connectivity index (χ1v) is 8.53. The lowest BCUT2D eigenvalue weighted by molar-refractivity contribution is 0.0720. The number of sulfonamides is 1. The van der Waals surface area contributed by atoms with Gasteiger partial charge in [0.2, 0.25) is 15.9 Å². The van der Waals surface area contributed by atoms with E-state index in [1.165, 1.54) is 16.6 Å². The molecule has 1 aromatic heterocycles. The Kier molecular flexibility index (Phi) is 4.03. The lowest BCUT2D eigenvalue weighted by atomic mass is 10.2. The van der Waals surface area contributed by atoms with Crippen molar-refractivity contribution in [3.8, 4) is 11.9 Å². The molecule has 0 radical (unpaired) electrons. The van der Waals surface area contributed by atoms with E-state index in [9.17, 15) is 8.42 Å². The minimum atomic E-state index is -3.48. The average molecular weight is 329 g/mol. The van der Waals surface area contributed by atoms with Crippen molar-refractivity contribution in [2.24, 2.45) is 0 Å². The molecule has 0 aliphatic carbocycles. The quantitative estimate of drug-likeness (QED) is 0.853. The van der Waals surface area contributed by atoms with Crippen molar-refractivity contribution < 1.29 is 13.2 Å². The Balaban J connectivity index is 1.64. The summed E-state index contributed by atoms with van der Waals surface area (Å²) in [6.07, 6.45) is 1.24. The Bertz CT molecular complexity index is 851. The molecule has 2 heterocycles. The zero-order valence-corrected chi connectivity index (χ0v) is 13.3. The van der Waals surface area contributed by atoms with Crippen LogP contribution in [0.2, 0.25) is 0 Å². The van der Waals surface area contributed by atoms with Crippen LogP contribution in [0.1, 0.15) is 11.1 Å². The van der Waals surface area contributed by atoms with E-state index in [1.54, 1.807) is 30.3 Å². The zero-order valence-electron chi connectivity index (χ0n) is 12.5. The van der Waals surface area contributed by atoms with Gasteiger partial charge in [0.15, 0.2) is 0 Å². The molecule has 1 aliphatic heterocycles. The molecule has 3 rings (SSSR count). The van der Waals surface area contributed by atoms with Crippen molar-refractivity contribution in [2.75, 3.05) is 13.1 Å². The summed E-state index contributed by atoms with van der Waals surface area (Å²) in [7, 11) is -3.48. The van der Waals surface area contributed by atoms with Crippen LogP contribution in [0.25, 0.3) is 0 Å². The maximum Gasteiger partial charge on any atom is 0.243 e. The van der Waals surface area contributed by atoms with Crippen molar-refractivity contribution in [2.45, 2.75) is 17.9 Å². The third-order valence-corrected chi connectivity index (χ3v) is 5.47. The summed E-state index contributed by atoms with van der Waals surface area (Å²) in [5.74, 6) is 0.335. The van der Waals surface area contributed by atoms with Crippen LogP contribution in [0.3, 0.4) is 0 Å². The van der Waals surface area contributed by atoms with E-state index >= 15 is 0 Å². The largest absolute Gasteiger partial charge is 0.471 e. The van der Waals surface area contributed by atoms with Gasteiger partial charge in [0.05, 0.1) is 29.6 Å². The third-order valence-electron chi connectivity index (χ3n) is 3.62. The highest BCUT2D eigenvalue weighted by atomic mass is 32.2. The van der Waals surface area contributed by atoms with Crippen LogP contribution in [-0.4, -0.2) is 36.9 Å². The minimum absolute atomic E-state index is 0.253. The van der Waals surface area contributed by atoms with Gasteiger partial charge in [-0.3, -0.25) is 0 Å². The molecule has 0 bridgehead atoms. The lowest BCUT2D eigenvalue weighted by Gasteiger charge is -2.37. The molecule has 118 valence electrons. The molecule has 1 saturated heterocycles. The molecule has 0 N–H and O–H groups in total. The molecule has 0 unspecified atom stereocenters. The molecular formula is C16H15N3O3S. The highest BCUT2D eigenvalue weighted by molar-refractivity contribution is 7.89. The number of nitrogens with zero attached hydrogens (tertiary/aromatic N) is 3. The first-order valence-electron chi connectivity index (χ1n) is 7.08. The summed E-state index contributed by atoms with van der Waals surface area (Å²) in [4.78, 5) is 4.31. The Labute approximate surface area is 135 Å². The van der Waals surface area contributed by atoms with Gasteiger partial charge in [0.25, 0.3) is 0 Å². The van der Waals surface area contributed by atoms with Gasteiger partial charge in [-0.15, -0.1) is 0 Å². The van der Waals surface area contributed by atoms with Crippen molar-refractivity contribution in [1.29, 1.82) is 5.26 Å². The number of hydrogen-bond donors (Lipinski definition) is 0. The summed E-state index contributed by atoms with van der Waals surface area (Å²) in [6, 6.07) is 11.9. The summed E-state index contributed by atoms with van der Waals surface area (Å²) in [6.45, 7) is 2.45. The molecule has 0 amide bonds. The highest BCUT2D eigenvalue weighted by Gasteiger charge is 2.38. The van der Waals surface area contributed by atoms with Gasteiger partial charge in [0, 0.05) is 12.3 Å². The van der Waals surface area contributed by atoms with Gasteiger partial charge in [-0.2, -0.15) is 9.57 Å². The normalized spacial score (nSPS) is 15.7. The zero-order chi connectivity index (χ0) is 16.4. The summed E-state index contributed by atoms with van der Waals surface area (Å²) < 4.78 is 31.8. The van der Waals surface area contributed by atoms with Crippen molar-refractivity contribution in [3.63, 3.8) is 0 Å². The van der Waals surface area contributed by atoms with E-state index in [0.29, 0.717) is 11.4 Å². The predicted molar refractivity (Wildman–Crippen MR) is 83.3 cm³/mol. The third kappa shape index (κ3) is 3.18. The van der Waals surface area contributed by atoms with E-state index in [1.807, 2.05) is 13.0 Å². The Morgan fingerprint density at radius 1 is 1.26 bits per heavy atom. The number of rotatable bonds is 4. The van der Waals surface area contributed by atoms with Crippen LogP contribution >= 0.6 is 0 Å². The van der Waals surface area contributed by atoms with Crippen molar-refractivity contribution in [1.82, 2.24) is 9.29 Å². The number of benzene rings is 1. The molecule has 0 spiro atoms. The van der Waals surface area contributed by atoms with Gasteiger partial charge in [-0.1, -0.05) is 17.7 Å². The number of aromatic nitrogens is 1. The van der Waals surface area contributed by atoms with Crippen LogP contribution in [-0.2, 0) is 10.0 Å². The fraction of sp³-hybridized carbons (Fsp3) is 0.250. The van der Waals surface area contributed by atoms with E-state index in [0.717, 1.165) is 5.56 Å². The second-order valence-corrected chi connectivity index (χ2v) is 7.31. The molecule has 7 heteroatoms. The Morgan fingerprint density at radius 3 is 2.61 bits per heavy atom. The number of ether oxygens (including phenoxy) is 1. The maximum absolute atomic E-state index is 12.4. The number of hydrogen-bond acceptors (Lipinski definition) is 5. The smallest absolute Gasteiger partial charge is 0.243 e. The maximum atomic E-state index is 12.4. The number of pyridine rings is 1. The highest BCUT2D eigenvalue weighted by Crippen LogP contribution is 2.24. The van der Waals surface area contributed by atoms with Gasteiger partial charge in [-0.05, 0) is 25.1 Å². The lowest BCUT2D eigenvalue weighted by Crippen LogP contribution is -2.56. The molecule has 6 nitrogen and oxygen atoms in total. The van der Waals surface area contributed by atoms with E-state index in [4.69, 9.17) is 10.00 Å². The molecule has 1 aliphatic rings. The summed E-state index contributed by atoms with van der Waals surface area (Å²) in [5, 5.41) is 8.84. The van der Waals surface area contributed by atoms with Gasteiger partial charge < -0.3 is 4.74 Å². The second kappa shape index (κ2) is 5.99. The molecule has 0 atom stereocenters. The van der Waals surface area contributed by atoms with Crippen LogP contribution in [0.15, 0.2) is 47.5 Å². The molecule has 0 saturated carbocycles. The van der Waals surface area contributed by atoms with Crippen molar-refractivity contribution >= 4 is 10.0 Å². The van der Waals surface area contributed by atoms with Crippen LogP contribution in [0.5, 0.6) is 5.88 Å². The first-order chi connectivity index (χ1) is 11.0. The second-order valence-electron chi connectivity index (χ2n) is 5.37. The van der Waals surface area contributed by atoms with Crippen molar-refractivity contribution in [3.05, 3.63) is 53.7 Å². The summed E-state index contributed by atoms with van der Waals surface area (Å²) >= 11 is 0. The van der Waals surface area contributed by atoms with Gasteiger partial charge in [0.1, 0.15) is 6.10 Å². The van der Waals surface area contributed by atoms with Gasteiger partial charge >= 0.3 is 0 Å².